The molecule has 1 aromatic carbocycles. The van der Waals surface area contributed by atoms with Gasteiger partial charge in [0.05, 0.1) is 23.8 Å². The van der Waals surface area contributed by atoms with E-state index in [0.29, 0.717) is 23.6 Å². The van der Waals surface area contributed by atoms with Crippen molar-refractivity contribution < 1.29 is 19.1 Å². The number of amides is 1. The molecule has 0 aliphatic heterocycles. The molecule has 0 atom stereocenters. The fourth-order valence-electron chi connectivity index (χ4n) is 3.25. The van der Waals surface area contributed by atoms with Crippen LogP contribution in [-0.2, 0) is 16.1 Å². The molecule has 1 fully saturated rings. The van der Waals surface area contributed by atoms with Crippen LogP contribution in [0.25, 0.3) is 0 Å². The highest BCUT2D eigenvalue weighted by Crippen LogP contribution is 2.25. The lowest BCUT2D eigenvalue weighted by Gasteiger charge is -2.19. The second kappa shape index (κ2) is 9.88. The van der Waals surface area contributed by atoms with Crippen LogP contribution in [0.1, 0.15) is 55.1 Å². The van der Waals surface area contributed by atoms with Crippen molar-refractivity contribution in [3.63, 3.8) is 0 Å². The maximum absolute atomic E-state index is 12.3. The number of pyridine rings is 1. The van der Waals surface area contributed by atoms with Gasteiger partial charge < -0.3 is 14.8 Å². The van der Waals surface area contributed by atoms with Crippen LogP contribution >= 0.6 is 0 Å². The minimum Gasteiger partial charge on any atom is -0.494 e. The van der Waals surface area contributed by atoms with E-state index in [4.69, 9.17) is 9.47 Å². The number of carbonyl (C=O) groups excluding carboxylic acids is 2. The molecule has 0 radical (unpaired) electrons. The number of aromatic nitrogens is 1. The van der Waals surface area contributed by atoms with Gasteiger partial charge in [-0.1, -0.05) is 19.3 Å². The zero-order chi connectivity index (χ0) is 19.8. The van der Waals surface area contributed by atoms with Gasteiger partial charge >= 0.3 is 5.97 Å². The van der Waals surface area contributed by atoms with Crippen LogP contribution in [0.4, 0.5) is 5.69 Å². The molecule has 1 aliphatic rings. The maximum Gasteiger partial charge on any atom is 0.309 e. The molecule has 0 spiro atoms. The molecule has 148 valence electrons. The van der Waals surface area contributed by atoms with Crippen LogP contribution in [0.5, 0.6) is 5.75 Å². The van der Waals surface area contributed by atoms with Gasteiger partial charge in [0.1, 0.15) is 12.4 Å². The monoisotopic (exact) mass is 382 g/mol. The lowest BCUT2D eigenvalue weighted by molar-refractivity contribution is -0.151. The predicted octanol–water partition coefficient (Wildman–Crippen LogP) is 4.36. The highest BCUT2D eigenvalue weighted by atomic mass is 16.5. The number of anilines is 1. The number of hydrogen-bond donors (Lipinski definition) is 1. The highest BCUT2D eigenvalue weighted by molar-refractivity contribution is 6.04. The van der Waals surface area contributed by atoms with Crippen LogP contribution in [-0.4, -0.2) is 23.5 Å². The zero-order valence-corrected chi connectivity index (χ0v) is 16.1. The molecule has 1 amide bonds. The van der Waals surface area contributed by atoms with Gasteiger partial charge in [0.15, 0.2) is 0 Å². The molecule has 0 saturated heterocycles. The van der Waals surface area contributed by atoms with Crippen LogP contribution < -0.4 is 10.1 Å². The summed E-state index contributed by atoms with van der Waals surface area (Å²) in [6, 6.07) is 10.6. The number of ether oxygens (including phenoxy) is 2. The van der Waals surface area contributed by atoms with Gasteiger partial charge in [0.25, 0.3) is 5.91 Å². The Labute approximate surface area is 165 Å². The molecule has 0 bridgehead atoms. The first-order valence-electron chi connectivity index (χ1n) is 9.81. The topological polar surface area (TPSA) is 77.5 Å². The smallest absolute Gasteiger partial charge is 0.309 e. The summed E-state index contributed by atoms with van der Waals surface area (Å²) in [4.78, 5) is 28.7. The summed E-state index contributed by atoms with van der Waals surface area (Å²) in [6.07, 6.45) is 6.71. The summed E-state index contributed by atoms with van der Waals surface area (Å²) in [7, 11) is 0. The summed E-state index contributed by atoms with van der Waals surface area (Å²) in [5, 5.41) is 2.82. The Hall–Kier alpha value is -2.89. The van der Waals surface area contributed by atoms with E-state index in [-0.39, 0.29) is 24.4 Å². The summed E-state index contributed by atoms with van der Waals surface area (Å²) >= 11 is 0. The van der Waals surface area contributed by atoms with Crippen molar-refractivity contribution in [2.24, 2.45) is 5.92 Å². The van der Waals surface area contributed by atoms with Crippen molar-refractivity contribution in [2.45, 2.75) is 45.6 Å². The van der Waals surface area contributed by atoms with E-state index in [1.165, 1.54) is 12.6 Å². The Kier molecular flexibility index (Phi) is 7.00. The van der Waals surface area contributed by atoms with E-state index in [9.17, 15) is 9.59 Å². The third-order valence-electron chi connectivity index (χ3n) is 4.81. The van der Waals surface area contributed by atoms with Crippen molar-refractivity contribution in [3.8, 4) is 5.75 Å². The van der Waals surface area contributed by atoms with E-state index in [0.717, 1.165) is 31.4 Å². The fourth-order valence-corrected chi connectivity index (χ4v) is 3.25. The Morgan fingerprint density at radius 3 is 2.46 bits per heavy atom. The van der Waals surface area contributed by atoms with Gasteiger partial charge in [-0.05, 0) is 56.2 Å². The minimum absolute atomic E-state index is 0.0212. The van der Waals surface area contributed by atoms with Gasteiger partial charge in [-0.15, -0.1) is 0 Å². The summed E-state index contributed by atoms with van der Waals surface area (Å²) in [5.74, 6) is 0.392. The average molecular weight is 382 g/mol. The molecular weight excluding hydrogens is 356 g/mol. The molecule has 28 heavy (non-hydrogen) atoms. The van der Waals surface area contributed by atoms with Crippen LogP contribution in [0.15, 0.2) is 42.6 Å². The fraction of sp³-hybridized carbons (Fsp3) is 0.409. The Balaban J connectivity index is 1.50. The molecule has 1 N–H and O–H groups in total. The first-order valence-corrected chi connectivity index (χ1v) is 9.81. The van der Waals surface area contributed by atoms with E-state index in [2.05, 4.69) is 10.3 Å². The maximum atomic E-state index is 12.3. The van der Waals surface area contributed by atoms with Gasteiger partial charge in [-0.25, -0.2) is 0 Å². The second-order valence-electron chi connectivity index (χ2n) is 6.89. The Bertz CT molecular complexity index is 781. The normalized spacial score (nSPS) is 14.3. The summed E-state index contributed by atoms with van der Waals surface area (Å²) in [5.41, 5.74) is 1.75. The molecule has 6 nitrogen and oxygen atoms in total. The standard InChI is InChI=1S/C22H26N2O4/c1-2-27-20-12-10-18(11-13-20)24-21(25)17-8-9-19(23-14-17)15-28-22(26)16-6-4-3-5-7-16/h8-14,16H,2-7,15H2,1H3,(H,24,25). The number of carbonyl (C=O) groups is 2. The SMILES string of the molecule is CCOc1ccc(NC(=O)c2ccc(COC(=O)C3CCCCC3)nc2)cc1. The average Bonchev–Trinajstić information content (AvgIpc) is 2.74. The van der Waals surface area contributed by atoms with Gasteiger partial charge in [-0.2, -0.15) is 0 Å². The summed E-state index contributed by atoms with van der Waals surface area (Å²) < 4.78 is 10.8. The summed E-state index contributed by atoms with van der Waals surface area (Å²) in [6.45, 7) is 2.65. The molecule has 1 heterocycles. The van der Waals surface area contributed by atoms with E-state index < -0.39 is 0 Å². The number of benzene rings is 1. The lowest BCUT2D eigenvalue weighted by Crippen LogP contribution is -2.20. The van der Waals surface area contributed by atoms with Crippen LogP contribution in [0, 0.1) is 5.92 Å². The molecule has 6 heteroatoms. The molecule has 3 rings (SSSR count). The van der Waals surface area contributed by atoms with Crippen molar-refractivity contribution in [2.75, 3.05) is 11.9 Å². The molecular formula is C22H26N2O4. The first-order chi connectivity index (χ1) is 13.7. The quantitative estimate of drug-likeness (QED) is 0.720. The van der Waals surface area contributed by atoms with Crippen LogP contribution in [0.3, 0.4) is 0 Å². The van der Waals surface area contributed by atoms with Crippen molar-refractivity contribution >= 4 is 17.6 Å². The van der Waals surface area contributed by atoms with Crippen molar-refractivity contribution in [1.82, 2.24) is 4.98 Å². The second-order valence-corrected chi connectivity index (χ2v) is 6.89. The Morgan fingerprint density at radius 1 is 1.07 bits per heavy atom. The predicted molar refractivity (Wildman–Crippen MR) is 106 cm³/mol. The van der Waals surface area contributed by atoms with Crippen molar-refractivity contribution in [3.05, 3.63) is 53.9 Å². The number of hydrogen-bond acceptors (Lipinski definition) is 5. The Morgan fingerprint density at radius 2 is 1.82 bits per heavy atom. The number of nitrogens with zero attached hydrogens (tertiary/aromatic N) is 1. The highest BCUT2D eigenvalue weighted by Gasteiger charge is 2.22. The minimum atomic E-state index is -0.248. The zero-order valence-electron chi connectivity index (χ0n) is 16.1. The van der Waals surface area contributed by atoms with E-state index >= 15 is 0 Å². The molecule has 1 aliphatic carbocycles. The largest absolute Gasteiger partial charge is 0.494 e. The third-order valence-corrected chi connectivity index (χ3v) is 4.81. The van der Waals surface area contributed by atoms with E-state index in [1.807, 2.05) is 6.92 Å². The first kappa shape index (κ1) is 19.9. The number of esters is 1. The lowest BCUT2D eigenvalue weighted by atomic mass is 9.89. The van der Waals surface area contributed by atoms with E-state index in [1.54, 1.807) is 36.4 Å². The third kappa shape index (κ3) is 5.55. The molecule has 1 aromatic heterocycles. The molecule has 1 saturated carbocycles. The van der Waals surface area contributed by atoms with Gasteiger partial charge in [0, 0.05) is 11.9 Å². The van der Waals surface area contributed by atoms with Crippen LogP contribution in [0.2, 0.25) is 0 Å². The van der Waals surface area contributed by atoms with Crippen molar-refractivity contribution in [1.29, 1.82) is 0 Å². The number of nitrogens with one attached hydrogen (secondary N) is 1. The van der Waals surface area contributed by atoms with Gasteiger partial charge in [0.2, 0.25) is 0 Å². The molecule has 2 aromatic rings. The number of rotatable bonds is 7. The molecule has 0 unspecified atom stereocenters. The van der Waals surface area contributed by atoms with Gasteiger partial charge in [-0.3, -0.25) is 14.6 Å².